The van der Waals surface area contributed by atoms with Crippen LogP contribution in [0.3, 0.4) is 0 Å². The van der Waals surface area contributed by atoms with Crippen molar-refractivity contribution in [3.8, 4) is 18.2 Å². The van der Waals surface area contributed by atoms with Gasteiger partial charge in [-0.15, -0.1) is 12.3 Å². The van der Waals surface area contributed by atoms with E-state index in [-0.39, 0.29) is 11.8 Å². The van der Waals surface area contributed by atoms with Crippen molar-refractivity contribution in [2.24, 2.45) is 13.0 Å². The van der Waals surface area contributed by atoms with Gasteiger partial charge in [0, 0.05) is 26.1 Å². The molecule has 0 saturated carbocycles. The highest BCUT2D eigenvalue weighted by Crippen LogP contribution is 2.27. The second-order valence-electron chi connectivity index (χ2n) is 5.64. The van der Waals surface area contributed by atoms with E-state index in [1.807, 2.05) is 0 Å². The molecule has 122 valence electrons. The molecule has 0 spiro atoms. The molecule has 2 heterocycles. The summed E-state index contributed by atoms with van der Waals surface area (Å²) >= 11 is 0. The second kappa shape index (κ2) is 6.61. The van der Waals surface area contributed by atoms with Crippen molar-refractivity contribution in [3.05, 3.63) is 11.3 Å². The summed E-state index contributed by atoms with van der Waals surface area (Å²) in [4.78, 5) is 2.15. The van der Waals surface area contributed by atoms with Gasteiger partial charge in [0.2, 0.25) is 5.88 Å². The van der Waals surface area contributed by atoms with Crippen LogP contribution in [0.15, 0.2) is 0 Å². The average Bonchev–Trinajstić information content (AvgIpc) is 2.70. The van der Waals surface area contributed by atoms with Crippen molar-refractivity contribution < 1.29 is 17.9 Å². The van der Waals surface area contributed by atoms with Crippen molar-refractivity contribution in [1.82, 2.24) is 14.7 Å². The van der Waals surface area contributed by atoms with Gasteiger partial charge in [0.1, 0.15) is 0 Å². The van der Waals surface area contributed by atoms with Crippen LogP contribution in [0.2, 0.25) is 0 Å². The number of rotatable bonds is 4. The Morgan fingerprint density at radius 2 is 2.18 bits per heavy atom. The molecule has 0 radical (unpaired) electrons. The number of aryl methyl sites for hydroxylation is 2. The van der Waals surface area contributed by atoms with Crippen LogP contribution in [-0.2, 0) is 13.6 Å². The zero-order valence-corrected chi connectivity index (χ0v) is 12.8. The molecule has 0 aromatic carbocycles. The third-order valence-corrected chi connectivity index (χ3v) is 3.78. The van der Waals surface area contributed by atoms with Crippen molar-refractivity contribution >= 4 is 0 Å². The number of aromatic nitrogens is 2. The molecule has 0 bridgehead atoms. The lowest BCUT2D eigenvalue weighted by molar-refractivity contribution is -0.154. The van der Waals surface area contributed by atoms with Crippen molar-refractivity contribution in [3.63, 3.8) is 0 Å². The van der Waals surface area contributed by atoms with Crippen LogP contribution in [0.25, 0.3) is 0 Å². The summed E-state index contributed by atoms with van der Waals surface area (Å²) in [6, 6.07) is 0. The van der Waals surface area contributed by atoms with E-state index < -0.39 is 12.8 Å². The van der Waals surface area contributed by atoms with Gasteiger partial charge < -0.3 is 4.74 Å². The summed E-state index contributed by atoms with van der Waals surface area (Å²) in [6.07, 6.45) is 3.10. The fourth-order valence-electron chi connectivity index (χ4n) is 2.75. The third-order valence-electron chi connectivity index (χ3n) is 3.78. The number of hydrogen-bond donors (Lipinski definition) is 0. The molecule has 1 unspecified atom stereocenters. The minimum Gasteiger partial charge on any atom is -0.468 e. The number of likely N-dealkylation sites (tertiary alicyclic amines) is 1. The molecule has 7 heteroatoms. The van der Waals surface area contributed by atoms with Crippen molar-refractivity contribution in [2.45, 2.75) is 32.5 Å². The lowest BCUT2D eigenvalue weighted by Gasteiger charge is -2.30. The van der Waals surface area contributed by atoms with Crippen LogP contribution >= 0.6 is 0 Å². The Kier molecular flexibility index (Phi) is 5.01. The van der Waals surface area contributed by atoms with Gasteiger partial charge in [-0.3, -0.25) is 4.90 Å². The van der Waals surface area contributed by atoms with Gasteiger partial charge in [-0.25, -0.2) is 4.68 Å². The molecule has 0 amide bonds. The van der Waals surface area contributed by atoms with Crippen LogP contribution in [-0.4, -0.2) is 40.6 Å². The zero-order valence-electron chi connectivity index (χ0n) is 12.8. The number of terminal acetylenes is 1. The third kappa shape index (κ3) is 4.17. The SMILES string of the molecule is C#CC1CCCN(Cc2c(C)nn(C)c2OCC(F)(F)F)C1. The van der Waals surface area contributed by atoms with Crippen LogP contribution in [0.1, 0.15) is 24.1 Å². The Labute approximate surface area is 128 Å². The maximum absolute atomic E-state index is 12.4. The van der Waals surface area contributed by atoms with E-state index in [0.29, 0.717) is 17.8 Å². The first-order chi connectivity index (χ1) is 10.3. The molecule has 0 N–H and O–H groups in total. The molecule has 1 fully saturated rings. The molecular formula is C15H20F3N3O. The summed E-state index contributed by atoms with van der Waals surface area (Å²) in [5, 5.41) is 4.17. The van der Waals surface area contributed by atoms with E-state index in [4.69, 9.17) is 11.2 Å². The molecular weight excluding hydrogens is 295 g/mol. The molecule has 1 aliphatic heterocycles. The highest BCUT2D eigenvalue weighted by atomic mass is 19.4. The summed E-state index contributed by atoms with van der Waals surface area (Å²) in [5.41, 5.74) is 1.38. The number of hydrogen-bond acceptors (Lipinski definition) is 3. The molecule has 1 aromatic rings. The lowest BCUT2D eigenvalue weighted by Crippen LogP contribution is -2.34. The molecule has 4 nitrogen and oxygen atoms in total. The second-order valence-corrected chi connectivity index (χ2v) is 5.64. The standard InChI is InChI=1S/C15H20F3N3O/c1-4-12-6-5-7-21(8-12)9-13-11(2)19-20(3)14(13)22-10-15(16,17)18/h1,12H,5-10H2,2-3H3. The molecule has 1 aliphatic rings. The first-order valence-electron chi connectivity index (χ1n) is 7.20. The molecule has 1 saturated heterocycles. The fourth-order valence-corrected chi connectivity index (χ4v) is 2.75. The summed E-state index contributed by atoms with van der Waals surface area (Å²) in [6.45, 7) is 2.60. The highest BCUT2D eigenvalue weighted by molar-refractivity contribution is 5.31. The maximum atomic E-state index is 12.4. The topological polar surface area (TPSA) is 30.3 Å². The smallest absolute Gasteiger partial charge is 0.422 e. The van der Waals surface area contributed by atoms with E-state index in [0.717, 1.165) is 25.9 Å². The number of halogens is 3. The predicted octanol–water partition coefficient (Wildman–Crippen LogP) is 2.51. The minimum atomic E-state index is -4.37. The van der Waals surface area contributed by atoms with Crippen LogP contribution < -0.4 is 4.74 Å². The van der Waals surface area contributed by atoms with Gasteiger partial charge >= 0.3 is 6.18 Å². The fraction of sp³-hybridized carbons (Fsp3) is 0.667. The van der Waals surface area contributed by atoms with E-state index >= 15 is 0 Å². The Morgan fingerprint density at radius 1 is 1.45 bits per heavy atom. The lowest BCUT2D eigenvalue weighted by atomic mass is 9.98. The average molecular weight is 315 g/mol. The van der Waals surface area contributed by atoms with Crippen LogP contribution in [0, 0.1) is 25.2 Å². The molecule has 0 aliphatic carbocycles. The van der Waals surface area contributed by atoms with Gasteiger partial charge in [-0.1, -0.05) is 0 Å². The highest BCUT2D eigenvalue weighted by Gasteiger charge is 2.30. The first-order valence-corrected chi connectivity index (χ1v) is 7.20. The van der Waals surface area contributed by atoms with E-state index in [1.165, 1.54) is 4.68 Å². The van der Waals surface area contributed by atoms with Gasteiger partial charge in [0.25, 0.3) is 0 Å². The molecule has 22 heavy (non-hydrogen) atoms. The Morgan fingerprint density at radius 3 is 2.82 bits per heavy atom. The molecule has 1 atom stereocenters. The Bertz CT molecular complexity index is 560. The maximum Gasteiger partial charge on any atom is 0.422 e. The van der Waals surface area contributed by atoms with Crippen LogP contribution in [0.4, 0.5) is 13.2 Å². The van der Waals surface area contributed by atoms with Crippen LogP contribution in [0.5, 0.6) is 5.88 Å². The largest absolute Gasteiger partial charge is 0.468 e. The number of nitrogens with zero attached hydrogens (tertiary/aromatic N) is 3. The quantitative estimate of drug-likeness (QED) is 0.800. The van der Waals surface area contributed by atoms with E-state index in [2.05, 4.69) is 15.9 Å². The van der Waals surface area contributed by atoms with E-state index in [1.54, 1.807) is 14.0 Å². The van der Waals surface area contributed by atoms with Crippen molar-refractivity contribution in [1.29, 1.82) is 0 Å². The summed E-state index contributed by atoms with van der Waals surface area (Å²) in [5.74, 6) is 3.13. The monoisotopic (exact) mass is 315 g/mol. The normalized spacial score (nSPS) is 19.9. The van der Waals surface area contributed by atoms with Crippen molar-refractivity contribution in [2.75, 3.05) is 19.7 Å². The number of alkyl halides is 3. The molecule has 2 rings (SSSR count). The number of ether oxygens (including phenoxy) is 1. The van der Waals surface area contributed by atoms with Gasteiger partial charge in [-0.2, -0.15) is 18.3 Å². The Hall–Kier alpha value is -1.68. The van der Waals surface area contributed by atoms with Gasteiger partial charge in [-0.05, 0) is 26.3 Å². The van der Waals surface area contributed by atoms with Gasteiger partial charge in [0.05, 0.1) is 11.3 Å². The zero-order chi connectivity index (χ0) is 16.3. The van der Waals surface area contributed by atoms with E-state index in [9.17, 15) is 13.2 Å². The van der Waals surface area contributed by atoms with Gasteiger partial charge in [0.15, 0.2) is 6.61 Å². The summed E-state index contributed by atoms with van der Waals surface area (Å²) in [7, 11) is 1.59. The molecule has 1 aromatic heterocycles. The minimum absolute atomic E-state index is 0.178. The summed E-state index contributed by atoms with van der Waals surface area (Å²) < 4.78 is 43.5. The Balaban J connectivity index is 2.11. The predicted molar refractivity (Wildman–Crippen MR) is 76.3 cm³/mol. The first kappa shape index (κ1) is 16.7. The number of piperidine rings is 1.